The number of rotatable bonds is 7. The summed E-state index contributed by atoms with van der Waals surface area (Å²) in [5, 5.41) is 9.93. The smallest absolute Gasteiger partial charge is 0.317 e. The third-order valence-corrected chi connectivity index (χ3v) is 5.31. The number of nitrogens with zero attached hydrogens (tertiary/aromatic N) is 3. The SMILES string of the molecule is COc1ccc(CNC(=O)N2CCC(CNC(=O)c3cnn(C)c3)CC2)cc1OC. The highest BCUT2D eigenvalue weighted by Crippen LogP contribution is 2.27. The van der Waals surface area contributed by atoms with Crippen molar-refractivity contribution in [1.29, 1.82) is 0 Å². The number of methoxy groups -OCH3 is 2. The Bertz CT molecular complexity index is 874. The molecule has 1 fully saturated rings. The van der Waals surface area contributed by atoms with Crippen LogP contribution in [0, 0.1) is 5.92 Å². The first-order valence-electron chi connectivity index (χ1n) is 10.0. The number of urea groups is 1. The van der Waals surface area contributed by atoms with Gasteiger partial charge in [-0.05, 0) is 36.5 Å². The van der Waals surface area contributed by atoms with Gasteiger partial charge >= 0.3 is 6.03 Å². The lowest BCUT2D eigenvalue weighted by atomic mass is 9.97. The second kappa shape index (κ2) is 10.00. The zero-order valence-electron chi connectivity index (χ0n) is 17.7. The molecule has 1 aromatic carbocycles. The first kappa shape index (κ1) is 21.5. The van der Waals surface area contributed by atoms with Gasteiger partial charge in [0.15, 0.2) is 11.5 Å². The fourth-order valence-electron chi connectivity index (χ4n) is 3.50. The molecule has 0 spiro atoms. The van der Waals surface area contributed by atoms with E-state index in [2.05, 4.69) is 15.7 Å². The van der Waals surface area contributed by atoms with Crippen LogP contribution in [0.15, 0.2) is 30.6 Å². The molecule has 1 aromatic heterocycles. The Morgan fingerprint density at radius 1 is 1.13 bits per heavy atom. The summed E-state index contributed by atoms with van der Waals surface area (Å²) < 4.78 is 12.1. The van der Waals surface area contributed by atoms with Crippen molar-refractivity contribution in [2.75, 3.05) is 33.9 Å². The molecule has 2 aromatic rings. The Labute approximate surface area is 176 Å². The van der Waals surface area contributed by atoms with Crippen molar-refractivity contribution in [3.05, 3.63) is 41.7 Å². The monoisotopic (exact) mass is 415 g/mol. The summed E-state index contributed by atoms with van der Waals surface area (Å²) in [5.41, 5.74) is 1.50. The van der Waals surface area contributed by atoms with Gasteiger partial charge in [0.2, 0.25) is 0 Å². The number of hydrogen-bond donors (Lipinski definition) is 2. The molecule has 9 nitrogen and oxygen atoms in total. The van der Waals surface area contributed by atoms with E-state index >= 15 is 0 Å². The number of ether oxygens (including phenoxy) is 2. The molecule has 1 saturated heterocycles. The summed E-state index contributed by atoms with van der Waals surface area (Å²) in [7, 11) is 4.96. The number of carbonyl (C=O) groups is 2. The van der Waals surface area contributed by atoms with E-state index in [0.29, 0.717) is 49.2 Å². The largest absolute Gasteiger partial charge is 0.493 e. The highest BCUT2D eigenvalue weighted by molar-refractivity contribution is 5.93. The van der Waals surface area contributed by atoms with Gasteiger partial charge < -0.3 is 25.0 Å². The number of hydrogen-bond acceptors (Lipinski definition) is 5. The minimum Gasteiger partial charge on any atom is -0.493 e. The molecular weight excluding hydrogens is 386 g/mol. The van der Waals surface area contributed by atoms with E-state index < -0.39 is 0 Å². The molecule has 0 radical (unpaired) electrons. The van der Waals surface area contributed by atoms with E-state index in [-0.39, 0.29) is 11.9 Å². The van der Waals surface area contributed by atoms with Crippen molar-refractivity contribution < 1.29 is 19.1 Å². The van der Waals surface area contributed by atoms with Gasteiger partial charge in [0.25, 0.3) is 5.91 Å². The predicted molar refractivity (Wildman–Crippen MR) is 112 cm³/mol. The molecule has 30 heavy (non-hydrogen) atoms. The van der Waals surface area contributed by atoms with Crippen molar-refractivity contribution >= 4 is 11.9 Å². The lowest BCUT2D eigenvalue weighted by Crippen LogP contribution is -2.45. The number of nitrogens with one attached hydrogen (secondary N) is 2. The van der Waals surface area contributed by atoms with Gasteiger partial charge in [-0.1, -0.05) is 6.07 Å². The highest BCUT2D eigenvalue weighted by Gasteiger charge is 2.23. The topological polar surface area (TPSA) is 97.7 Å². The molecule has 3 rings (SSSR count). The Morgan fingerprint density at radius 2 is 1.87 bits per heavy atom. The third-order valence-electron chi connectivity index (χ3n) is 5.31. The van der Waals surface area contributed by atoms with Gasteiger partial charge in [-0.2, -0.15) is 5.10 Å². The van der Waals surface area contributed by atoms with E-state index in [0.717, 1.165) is 18.4 Å². The normalized spacial score (nSPS) is 14.3. The van der Waals surface area contributed by atoms with E-state index in [4.69, 9.17) is 9.47 Å². The first-order chi connectivity index (χ1) is 14.5. The third kappa shape index (κ3) is 5.43. The summed E-state index contributed by atoms with van der Waals surface area (Å²) in [4.78, 5) is 26.4. The number of carbonyl (C=O) groups excluding carboxylic acids is 2. The summed E-state index contributed by atoms with van der Waals surface area (Å²) >= 11 is 0. The zero-order valence-corrected chi connectivity index (χ0v) is 17.7. The van der Waals surface area contributed by atoms with Crippen LogP contribution in [-0.2, 0) is 13.6 Å². The van der Waals surface area contributed by atoms with Crippen LogP contribution in [0.25, 0.3) is 0 Å². The second-order valence-corrected chi connectivity index (χ2v) is 7.39. The highest BCUT2D eigenvalue weighted by atomic mass is 16.5. The van der Waals surface area contributed by atoms with Gasteiger partial charge in [-0.15, -0.1) is 0 Å². The van der Waals surface area contributed by atoms with Crippen LogP contribution in [-0.4, -0.2) is 60.5 Å². The standard InChI is InChI=1S/C21H29N5O4/c1-25-14-17(13-24-25)20(27)22-11-15-6-8-26(9-7-15)21(28)23-12-16-4-5-18(29-2)19(10-16)30-3/h4-5,10,13-15H,6-9,11-12H2,1-3H3,(H,22,27)(H,23,28). The van der Waals surface area contributed by atoms with Crippen LogP contribution < -0.4 is 20.1 Å². The van der Waals surface area contributed by atoms with Gasteiger partial charge in [-0.3, -0.25) is 9.48 Å². The molecule has 162 valence electrons. The van der Waals surface area contributed by atoms with Crippen LogP contribution in [0.2, 0.25) is 0 Å². The minimum atomic E-state index is -0.113. The molecule has 3 amide bonds. The molecule has 0 unspecified atom stereocenters. The molecular formula is C21H29N5O4. The zero-order chi connectivity index (χ0) is 21.5. The van der Waals surface area contributed by atoms with Crippen molar-refractivity contribution in [2.24, 2.45) is 13.0 Å². The number of aromatic nitrogens is 2. The van der Waals surface area contributed by atoms with Gasteiger partial charge in [0, 0.05) is 39.4 Å². The summed E-state index contributed by atoms with van der Waals surface area (Å²) in [6, 6.07) is 5.50. The molecule has 2 heterocycles. The Morgan fingerprint density at radius 3 is 2.50 bits per heavy atom. The lowest BCUT2D eigenvalue weighted by molar-refractivity contribution is 0.0937. The summed E-state index contributed by atoms with van der Waals surface area (Å²) in [5.74, 6) is 1.54. The fraction of sp³-hybridized carbons (Fsp3) is 0.476. The Balaban J connectivity index is 1.40. The number of piperidine rings is 1. The number of aryl methyl sites for hydroxylation is 1. The minimum absolute atomic E-state index is 0.0809. The molecule has 0 aliphatic carbocycles. The first-order valence-corrected chi connectivity index (χ1v) is 10.0. The maximum Gasteiger partial charge on any atom is 0.317 e. The molecule has 1 aliphatic heterocycles. The van der Waals surface area contributed by atoms with Crippen LogP contribution in [0.5, 0.6) is 11.5 Å². The number of likely N-dealkylation sites (tertiary alicyclic amines) is 1. The molecule has 0 saturated carbocycles. The van der Waals surface area contributed by atoms with E-state index in [9.17, 15) is 9.59 Å². The molecule has 0 bridgehead atoms. The summed E-state index contributed by atoms with van der Waals surface area (Å²) in [6.45, 7) is 2.37. The average molecular weight is 415 g/mol. The van der Waals surface area contributed by atoms with Gasteiger partial charge in [-0.25, -0.2) is 4.79 Å². The van der Waals surface area contributed by atoms with Crippen LogP contribution in [0.1, 0.15) is 28.8 Å². The van der Waals surface area contributed by atoms with E-state index in [1.807, 2.05) is 23.1 Å². The van der Waals surface area contributed by atoms with E-state index in [1.165, 1.54) is 0 Å². The van der Waals surface area contributed by atoms with E-state index in [1.54, 1.807) is 38.3 Å². The molecule has 1 aliphatic rings. The van der Waals surface area contributed by atoms with Crippen LogP contribution in [0.4, 0.5) is 4.79 Å². The predicted octanol–water partition coefficient (Wildman–Crippen LogP) is 1.79. The maximum absolute atomic E-state index is 12.5. The Kier molecular flexibility index (Phi) is 7.16. The Hall–Kier alpha value is -3.23. The lowest BCUT2D eigenvalue weighted by Gasteiger charge is -2.32. The van der Waals surface area contributed by atoms with Crippen molar-refractivity contribution in [3.63, 3.8) is 0 Å². The maximum atomic E-state index is 12.5. The summed E-state index contributed by atoms with van der Waals surface area (Å²) in [6.07, 6.45) is 4.97. The van der Waals surface area contributed by atoms with Crippen LogP contribution in [0.3, 0.4) is 0 Å². The number of amides is 3. The van der Waals surface area contributed by atoms with Crippen molar-refractivity contribution in [3.8, 4) is 11.5 Å². The average Bonchev–Trinajstić information content (AvgIpc) is 3.22. The fourth-order valence-corrected chi connectivity index (χ4v) is 3.50. The van der Waals surface area contributed by atoms with Gasteiger partial charge in [0.1, 0.15) is 0 Å². The molecule has 9 heteroatoms. The van der Waals surface area contributed by atoms with Crippen LogP contribution >= 0.6 is 0 Å². The van der Waals surface area contributed by atoms with Gasteiger partial charge in [0.05, 0.1) is 26.0 Å². The van der Waals surface area contributed by atoms with Crippen molar-refractivity contribution in [1.82, 2.24) is 25.3 Å². The number of benzene rings is 1. The molecule has 2 N–H and O–H groups in total. The molecule has 0 atom stereocenters. The second-order valence-electron chi connectivity index (χ2n) is 7.39. The van der Waals surface area contributed by atoms with Crippen molar-refractivity contribution in [2.45, 2.75) is 19.4 Å². The quantitative estimate of drug-likeness (QED) is 0.719.